The Morgan fingerprint density at radius 2 is 1.91 bits per heavy atom. The number of nitrogens with two attached hydrogens (primary N) is 1. The molecule has 1 aromatic rings. The quantitative estimate of drug-likeness (QED) is 0.877. The van der Waals surface area contributed by atoms with Gasteiger partial charge in [-0.05, 0) is 31.2 Å². The maximum atomic E-state index is 12.1. The largest absolute Gasteiger partial charge is 0.445 e. The molecule has 2 N–H and O–H groups in total. The highest BCUT2D eigenvalue weighted by Crippen LogP contribution is 2.24. The van der Waals surface area contributed by atoms with E-state index in [1.54, 1.807) is 4.90 Å². The minimum atomic E-state index is -0.254. The molecule has 1 aromatic carbocycles. The van der Waals surface area contributed by atoms with E-state index in [0.29, 0.717) is 19.8 Å². The standard InChI is InChI=1S/C17H26N2O3/c1-19(15-7-9-16(10-8-15)21-12-11-18)17(20)22-13-14-5-3-2-4-6-14/h2-6,15-16H,7-13,18H2,1H3. The molecule has 0 atom stereocenters. The third-order valence-corrected chi connectivity index (χ3v) is 4.16. The monoisotopic (exact) mass is 306 g/mol. The van der Waals surface area contributed by atoms with Crippen molar-refractivity contribution in [3.05, 3.63) is 35.9 Å². The summed E-state index contributed by atoms with van der Waals surface area (Å²) in [6, 6.07) is 9.97. The molecule has 5 heteroatoms. The maximum Gasteiger partial charge on any atom is 0.410 e. The summed E-state index contributed by atoms with van der Waals surface area (Å²) in [6.45, 7) is 1.49. The number of amides is 1. The number of hydrogen-bond donors (Lipinski definition) is 1. The molecular formula is C17H26N2O3. The van der Waals surface area contributed by atoms with Crippen molar-refractivity contribution in [1.29, 1.82) is 0 Å². The van der Waals surface area contributed by atoms with Crippen LogP contribution in [0.2, 0.25) is 0 Å². The van der Waals surface area contributed by atoms with E-state index in [1.165, 1.54) is 0 Å². The predicted octanol–water partition coefficient (Wildman–Crippen LogP) is 2.54. The molecule has 0 saturated heterocycles. The van der Waals surface area contributed by atoms with Gasteiger partial charge in [-0.2, -0.15) is 0 Å². The summed E-state index contributed by atoms with van der Waals surface area (Å²) in [5.74, 6) is 0. The number of hydrogen-bond acceptors (Lipinski definition) is 4. The van der Waals surface area contributed by atoms with Gasteiger partial charge in [-0.3, -0.25) is 0 Å². The van der Waals surface area contributed by atoms with Crippen molar-refractivity contribution in [3.63, 3.8) is 0 Å². The molecule has 1 saturated carbocycles. The van der Waals surface area contributed by atoms with E-state index in [2.05, 4.69) is 0 Å². The van der Waals surface area contributed by atoms with E-state index in [-0.39, 0.29) is 18.2 Å². The summed E-state index contributed by atoms with van der Waals surface area (Å²) in [5, 5.41) is 0. The van der Waals surface area contributed by atoms with Gasteiger partial charge in [0.1, 0.15) is 6.61 Å². The molecule has 0 heterocycles. The van der Waals surface area contributed by atoms with Crippen LogP contribution in [0.5, 0.6) is 0 Å². The van der Waals surface area contributed by atoms with Crippen LogP contribution in [0.3, 0.4) is 0 Å². The maximum absolute atomic E-state index is 12.1. The van der Waals surface area contributed by atoms with Crippen molar-refractivity contribution in [1.82, 2.24) is 4.90 Å². The van der Waals surface area contributed by atoms with Gasteiger partial charge in [0.15, 0.2) is 0 Å². The topological polar surface area (TPSA) is 64.8 Å². The number of nitrogens with zero attached hydrogens (tertiary/aromatic N) is 1. The number of carbonyl (C=O) groups is 1. The fourth-order valence-corrected chi connectivity index (χ4v) is 2.80. The molecule has 0 spiro atoms. The molecule has 0 bridgehead atoms. The van der Waals surface area contributed by atoms with Gasteiger partial charge in [0.25, 0.3) is 0 Å². The van der Waals surface area contributed by atoms with Gasteiger partial charge in [-0.25, -0.2) is 4.79 Å². The van der Waals surface area contributed by atoms with Crippen LogP contribution in [0.1, 0.15) is 31.2 Å². The van der Waals surface area contributed by atoms with E-state index in [1.807, 2.05) is 37.4 Å². The molecule has 1 amide bonds. The number of benzene rings is 1. The first-order chi connectivity index (χ1) is 10.7. The van der Waals surface area contributed by atoms with E-state index < -0.39 is 0 Å². The van der Waals surface area contributed by atoms with E-state index in [4.69, 9.17) is 15.2 Å². The zero-order valence-corrected chi connectivity index (χ0v) is 13.2. The van der Waals surface area contributed by atoms with Gasteiger partial charge < -0.3 is 20.1 Å². The molecule has 22 heavy (non-hydrogen) atoms. The minimum Gasteiger partial charge on any atom is -0.445 e. The van der Waals surface area contributed by atoms with Gasteiger partial charge in [0.05, 0.1) is 12.7 Å². The van der Waals surface area contributed by atoms with Crippen molar-refractivity contribution < 1.29 is 14.3 Å². The predicted molar refractivity (Wildman–Crippen MR) is 85.4 cm³/mol. The van der Waals surface area contributed by atoms with Gasteiger partial charge in [-0.1, -0.05) is 30.3 Å². The van der Waals surface area contributed by atoms with Gasteiger partial charge in [0, 0.05) is 19.6 Å². The van der Waals surface area contributed by atoms with E-state index >= 15 is 0 Å². The number of rotatable bonds is 6. The highest BCUT2D eigenvalue weighted by atomic mass is 16.6. The highest BCUT2D eigenvalue weighted by Gasteiger charge is 2.27. The molecular weight excluding hydrogens is 280 g/mol. The minimum absolute atomic E-state index is 0.237. The lowest BCUT2D eigenvalue weighted by Crippen LogP contribution is -2.41. The zero-order chi connectivity index (χ0) is 15.8. The van der Waals surface area contributed by atoms with Gasteiger partial charge in [0.2, 0.25) is 0 Å². The summed E-state index contributed by atoms with van der Waals surface area (Å²) >= 11 is 0. The van der Waals surface area contributed by atoms with Gasteiger partial charge >= 0.3 is 6.09 Å². The van der Waals surface area contributed by atoms with Crippen molar-refractivity contribution >= 4 is 6.09 Å². The van der Waals surface area contributed by atoms with Crippen LogP contribution in [0.15, 0.2) is 30.3 Å². The lowest BCUT2D eigenvalue weighted by Gasteiger charge is -2.34. The zero-order valence-electron chi connectivity index (χ0n) is 13.2. The summed E-state index contributed by atoms with van der Waals surface area (Å²) in [4.78, 5) is 13.8. The van der Waals surface area contributed by atoms with Crippen LogP contribution >= 0.6 is 0 Å². The Kier molecular flexibility index (Phi) is 6.68. The Bertz CT molecular complexity index is 444. The third-order valence-electron chi connectivity index (χ3n) is 4.16. The van der Waals surface area contributed by atoms with Crippen molar-refractivity contribution in [2.75, 3.05) is 20.2 Å². The lowest BCUT2D eigenvalue weighted by molar-refractivity contribution is 0.0121. The van der Waals surface area contributed by atoms with Crippen LogP contribution < -0.4 is 5.73 Å². The first-order valence-electron chi connectivity index (χ1n) is 7.96. The van der Waals surface area contributed by atoms with Crippen LogP contribution in [-0.2, 0) is 16.1 Å². The second kappa shape index (κ2) is 8.76. The Labute approximate surface area is 132 Å². The Hall–Kier alpha value is -1.59. The third kappa shape index (κ3) is 5.00. The Morgan fingerprint density at radius 3 is 2.55 bits per heavy atom. The molecule has 1 fully saturated rings. The van der Waals surface area contributed by atoms with Crippen LogP contribution in [-0.4, -0.2) is 43.3 Å². The first-order valence-corrected chi connectivity index (χ1v) is 7.96. The smallest absolute Gasteiger partial charge is 0.410 e. The molecule has 0 unspecified atom stereocenters. The summed E-state index contributed by atoms with van der Waals surface area (Å²) < 4.78 is 11.0. The number of carbonyl (C=O) groups excluding carboxylic acids is 1. The van der Waals surface area contributed by atoms with Crippen molar-refractivity contribution in [2.24, 2.45) is 5.73 Å². The molecule has 0 radical (unpaired) electrons. The lowest BCUT2D eigenvalue weighted by atomic mass is 9.92. The molecule has 2 rings (SSSR count). The average molecular weight is 306 g/mol. The molecule has 122 valence electrons. The second-order valence-corrected chi connectivity index (χ2v) is 5.74. The molecule has 0 aromatic heterocycles. The highest BCUT2D eigenvalue weighted by molar-refractivity contribution is 5.67. The normalized spacial score (nSPS) is 21.4. The van der Waals surface area contributed by atoms with Crippen LogP contribution in [0, 0.1) is 0 Å². The average Bonchev–Trinajstić information content (AvgIpc) is 2.58. The number of ether oxygens (including phenoxy) is 2. The van der Waals surface area contributed by atoms with E-state index in [9.17, 15) is 4.79 Å². The summed E-state index contributed by atoms with van der Waals surface area (Å²) in [5.41, 5.74) is 6.45. The molecule has 1 aliphatic carbocycles. The van der Waals surface area contributed by atoms with Crippen LogP contribution in [0.4, 0.5) is 4.79 Å². The Balaban J connectivity index is 1.72. The fraction of sp³-hybridized carbons (Fsp3) is 0.588. The summed E-state index contributed by atoms with van der Waals surface area (Å²) in [6.07, 6.45) is 3.88. The molecule has 5 nitrogen and oxygen atoms in total. The van der Waals surface area contributed by atoms with Crippen molar-refractivity contribution in [3.8, 4) is 0 Å². The molecule has 1 aliphatic rings. The van der Waals surface area contributed by atoms with E-state index in [0.717, 1.165) is 31.2 Å². The van der Waals surface area contributed by atoms with Crippen LogP contribution in [0.25, 0.3) is 0 Å². The SMILES string of the molecule is CN(C(=O)OCc1ccccc1)C1CCC(OCCN)CC1. The molecule has 0 aliphatic heterocycles. The van der Waals surface area contributed by atoms with Gasteiger partial charge in [-0.15, -0.1) is 0 Å². The summed E-state index contributed by atoms with van der Waals surface area (Å²) in [7, 11) is 1.82. The fourth-order valence-electron chi connectivity index (χ4n) is 2.80. The Morgan fingerprint density at radius 1 is 1.23 bits per heavy atom. The second-order valence-electron chi connectivity index (χ2n) is 5.74. The first kappa shape index (κ1) is 16.8. The van der Waals surface area contributed by atoms with Crippen molar-refractivity contribution in [2.45, 2.75) is 44.4 Å².